The van der Waals surface area contributed by atoms with E-state index in [0.717, 1.165) is 49.7 Å². The van der Waals surface area contributed by atoms with Crippen LogP contribution in [-0.2, 0) is 6.42 Å². The number of nitrogens with one attached hydrogen (secondary N) is 2. The quantitative estimate of drug-likeness (QED) is 0.763. The Balaban J connectivity index is 0.00000133. The lowest BCUT2D eigenvalue weighted by Crippen LogP contribution is -2.57. The molecule has 3 rings (SSSR count). The van der Waals surface area contributed by atoms with Crippen LogP contribution in [0.5, 0.6) is 0 Å². The van der Waals surface area contributed by atoms with Crippen molar-refractivity contribution in [1.29, 1.82) is 0 Å². The first kappa shape index (κ1) is 14.1. The van der Waals surface area contributed by atoms with E-state index >= 15 is 0 Å². The molecule has 3 heterocycles. The van der Waals surface area contributed by atoms with Gasteiger partial charge in [-0.3, -0.25) is 0 Å². The highest BCUT2D eigenvalue weighted by Crippen LogP contribution is 2.32. The van der Waals surface area contributed by atoms with Crippen molar-refractivity contribution in [3.8, 4) is 0 Å². The Morgan fingerprint density at radius 1 is 1.37 bits per heavy atom. The summed E-state index contributed by atoms with van der Waals surface area (Å²) in [4.78, 5) is 6.20. The van der Waals surface area contributed by atoms with E-state index in [2.05, 4.69) is 34.4 Å². The lowest BCUT2D eigenvalue weighted by atomic mass is 10.0. The SMILES string of the molecule is C.CC1(C)CN(c2cc(F)nc3c2CCN3)CCN1. The molecule has 19 heavy (non-hydrogen) atoms. The lowest BCUT2D eigenvalue weighted by Gasteiger charge is -2.41. The molecule has 5 heteroatoms. The summed E-state index contributed by atoms with van der Waals surface area (Å²) in [6.45, 7) is 7.94. The Bertz CT molecular complexity index is 473. The molecule has 1 aromatic rings. The van der Waals surface area contributed by atoms with Gasteiger partial charge < -0.3 is 15.5 Å². The summed E-state index contributed by atoms with van der Waals surface area (Å²) in [6.07, 6.45) is 0.933. The van der Waals surface area contributed by atoms with Gasteiger partial charge in [0.15, 0.2) is 0 Å². The van der Waals surface area contributed by atoms with Crippen molar-refractivity contribution in [3.05, 3.63) is 17.6 Å². The minimum absolute atomic E-state index is 0. The number of hydrogen-bond donors (Lipinski definition) is 2. The van der Waals surface area contributed by atoms with Crippen molar-refractivity contribution in [2.45, 2.75) is 33.2 Å². The molecule has 0 aromatic carbocycles. The maximum Gasteiger partial charge on any atom is 0.216 e. The molecule has 0 bridgehead atoms. The van der Waals surface area contributed by atoms with Crippen molar-refractivity contribution in [2.75, 3.05) is 36.4 Å². The van der Waals surface area contributed by atoms with E-state index in [9.17, 15) is 4.39 Å². The molecule has 106 valence electrons. The Morgan fingerprint density at radius 3 is 2.89 bits per heavy atom. The predicted octanol–water partition coefficient (Wildman–Crippen LogP) is 2.01. The van der Waals surface area contributed by atoms with Gasteiger partial charge in [-0.05, 0) is 20.3 Å². The molecule has 0 unspecified atom stereocenters. The third kappa shape index (κ3) is 2.66. The van der Waals surface area contributed by atoms with Gasteiger partial charge in [0.2, 0.25) is 5.95 Å². The average molecular weight is 266 g/mol. The second kappa shape index (κ2) is 4.96. The number of anilines is 2. The van der Waals surface area contributed by atoms with Gasteiger partial charge >= 0.3 is 0 Å². The molecule has 0 amide bonds. The summed E-state index contributed by atoms with van der Waals surface area (Å²) in [7, 11) is 0. The number of rotatable bonds is 1. The van der Waals surface area contributed by atoms with E-state index in [1.54, 1.807) is 6.07 Å². The highest BCUT2D eigenvalue weighted by atomic mass is 19.1. The first-order valence-corrected chi connectivity index (χ1v) is 6.48. The molecule has 0 saturated carbocycles. The number of fused-ring (bicyclic) bond motifs is 1. The summed E-state index contributed by atoms with van der Waals surface area (Å²) in [5, 5.41) is 6.62. The van der Waals surface area contributed by atoms with Crippen molar-refractivity contribution < 1.29 is 4.39 Å². The summed E-state index contributed by atoms with van der Waals surface area (Å²) in [5.41, 5.74) is 2.24. The van der Waals surface area contributed by atoms with Crippen molar-refractivity contribution in [2.24, 2.45) is 0 Å². The molecule has 2 N–H and O–H groups in total. The molecule has 4 nitrogen and oxygen atoms in total. The Kier molecular flexibility index (Phi) is 3.67. The van der Waals surface area contributed by atoms with Gasteiger partial charge in [-0.15, -0.1) is 0 Å². The standard InChI is InChI=1S/C13H19FN4.CH4/c1-13(2)8-18(6-5-16-13)10-7-11(14)17-12-9(10)3-4-15-12;/h7,16H,3-6,8H2,1-2H3,(H,15,17);1H4. The van der Waals surface area contributed by atoms with Crippen LogP contribution >= 0.6 is 0 Å². The van der Waals surface area contributed by atoms with Gasteiger partial charge in [0.05, 0.1) is 0 Å². The molecule has 1 fully saturated rings. The number of pyridine rings is 1. The third-order valence-electron chi connectivity index (χ3n) is 3.65. The monoisotopic (exact) mass is 266 g/mol. The van der Waals surface area contributed by atoms with Gasteiger partial charge in [-0.25, -0.2) is 4.98 Å². The van der Waals surface area contributed by atoms with E-state index in [1.807, 2.05) is 0 Å². The normalized spacial score (nSPS) is 20.5. The Morgan fingerprint density at radius 2 is 2.16 bits per heavy atom. The minimum atomic E-state index is -0.394. The summed E-state index contributed by atoms with van der Waals surface area (Å²) >= 11 is 0. The average Bonchev–Trinajstić information content (AvgIpc) is 2.74. The summed E-state index contributed by atoms with van der Waals surface area (Å²) in [6, 6.07) is 1.58. The maximum absolute atomic E-state index is 13.6. The van der Waals surface area contributed by atoms with Gasteiger partial charge in [0.25, 0.3) is 0 Å². The minimum Gasteiger partial charge on any atom is -0.369 e. The number of hydrogen-bond acceptors (Lipinski definition) is 4. The first-order chi connectivity index (χ1) is 8.55. The maximum atomic E-state index is 13.6. The molecule has 2 aliphatic rings. The summed E-state index contributed by atoms with van der Waals surface area (Å²) in [5.74, 6) is 0.329. The number of piperazine rings is 1. The Hall–Kier alpha value is -1.36. The van der Waals surface area contributed by atoms with Crippen LogP contribution < -0.4 is 15.5 Å². The van der Waals surface area contributed by atoms with E-state index in [4.69, 9.17) is 0 Å². The zero-order valence-electron chi connectivity index (χ0n) is 10.9. The number of halogens is 1. The molecule has 1 saturated heterocycles. The molecular formula is C14H23FN4. The second-order valence-electron chi connectivity index (χ2n) is 5.70. The van der Waals surface area contributed by atoms with Gasteiger partial charge in [0, 0.05) is 49.0 Å². The van der Waals surface area contributed by atoms with Crippen LogP contribution in [0.4, 0.5) is 15.9 Å². The molecule has 1 aromatic heterocycles. The molecule has 0 aliphatic carbocycles. The van der Waals surface area contributed by atoms with Crippen molar-refractivity contribution in [1.82, 2.24) is 10.3 Å². The fourth-order valence-electron chi connectivity index (χ4n) is 2.86. The zero-order chi connectivity index (χ0) is 12.8. The molecule has 0 spiro atoms. The molecule has 2 aliphatic heterocycles. The van der Waals surface area contributed by atoms with Gasteiger partial charge in [0.1, 0.15) is 5.82 Å². The smallest absolute Gasteiger partial charge is 0.216 e. The Labute approximate surface area is 114 Å². The van der Waals surface area contributed by atoms with E-state index < -0.39 is 5.95 Å². The number of nitrogens with zero attached hydrogens (tertiary/aromatic N) is 2. The van der Waals surface area contributed by atoms with Crippen LogP contribution in [0, 0.1) is 5.95 Å². The highest BCUT2D eigenvalue weighted by Gasteiger charge is 2.29. The van der Waals surface area contributed by atoms with E-state index in [1.165, 1.54) is 0 Å². The van der Waals surface area contributed by atoms with Crippen LogP contribution in [0.15, 0.2) is 6.07 Å². The van der Waals surface area contributed by atoms with E-state index in [-0.39, 0.29) is 13.0 Å². The molecule has 0 radical (unpaired) electrons. The molecule has 0 atom stereocenters. The van der Waals surface area contributed by atoms with Gasteiger partial charge in [-0.2, -0.15) is 4.39 Å². The fraction of sp³-hybridized carbons (Fsp3) is 0.643. The van der Waals surface area contributed by atoms with Crippen LogP contribution in [0.2, 0.25) is 0 Å². The van der Waals surface area contributed by atoms with Crippen LogP contribution in [0.3, 0.4) is 0 Å². The first-order valence-electron chi connectivity index (χ1n) is 6.48. The predicted molar refractivity (Wildman–Crippen MR) is 77.4 cm³/mol. The van der Waals surface area contributed by atoms with Crippen molar-refractivity contribution in [3.63, 3.8) is 0 Å². The third-order valence-corrected chi connectivity index (χ3v) is 3.65. The van der Waals surface area contributed by atoms with Crippen LogP contribution in [-0.4, -0.2) is 36.7 Å². The largest absolute Gasteiger partial charge is 0.369 e. The second-order valence-corrected chi connectivity index (χ2v) is 5.70. The molecular weight excluding hydrogens is 243 g/mol. The van der Waals surface area contributed by atoms with Crippen LogP contribution in [0.1, 0.15) is 26.8 Å². The summed E-state index contributed by atoms with van der Waals surface area (Å²) < 4.78 is 13.6. The topological polar surface area (TPSA) is 40.2 Å². The van der Waals surface area contributed by atoms with Crippen LogP contribution in [0.25, 0.3) is 0 Å². The lowest BCUT2D eigenvalue weighted by molar-refractivity contribution is 0.352. The highest BCUT2D eigenvalue weighted by molar-refractivity contribution is 5.66. The van der Waals surface area contributed by atoms with Gasteiger partial charge in [-0.1, -0.05) is 7.43 Å². The number of aromatic nitrogens is 1. The van der Waals surface area contributed by atoms with Crippen molar-refractivity contribution >= 4 is 11.5 Å². The fourth-order valence-corrected chi connectivity index (χ4v) is 2.86. The zero-order valence-corrected chi connectivity index (χ0v) is 10.9. The van der Waals surface area contributed by atoms with E-state index in [0.29, 0.717) is 0 Å².